The molecule has 0 fully saturated rings. The van der Waals surface area contributed by atoms with E-state index < -0.39 is 9.84 Å². The summed E-state index contributed by atoms with van der Waals surface area (Å²) >= 11 is 0. The van der Waals surface area contributed by atoms with Gasteiger partial charge in [0.15, 0.2) is 0 Å². The van der Waals surface area contributed by atoms with Crippen molar-refractivity contribution in [2.75, 3.05) is 43.3 Å². The molecule has 17 heavy (non-hydrogen) atoms. The van der Waals surface area contributed by atoms with Gasteiger partial charge in [0, 0.05) is 43.4 Å². The van der Waals surface area contributed by atoms with Crippen LogP contribution in [0.5, 0.6) is 5.75 Å². The quantitative estimate of drug-likeness (QED) is 0.789. The van der Waals surface area contributed by atoms with Gasteiger partial charge in [0.25, 0.3) is 0 Å². The van der Waals surface area contributed by atoms with Gasteiger partial charge in [0.05, 0.1) is 12.9 Å². The van der Waals surface area contributed by atoms with Crippen molar-refractivity contribution < 1.29 is 13.2 Å². The number of nitrogens with two attached hydrogens (primary N) is 1. The van der Waals surface area contributed by atoms with Crippen LogP contribution in [0.1, 0.15) is 0 Å². The molecule has 0 aliphatic heterocycles. The number of ether oxygens (including phenoxy) is 1. The molecule has 6 heteroatoms. The van der Waals surface area contributed by atoms with Crippen LogP contribution in [0.25, 0.3) is 0 Å². The summed E-state index contributed by atoms with van der Waals surface area (Å²) in [6.07, 6.45) is 1.22. The lowest BCUT2D eigenvalue weighted by Crippen LogP contribution is -2.24. The molecule has 1 aromatic carbocycles. The number of nitrogens with zero attached hydrogens (tertiary/aromatic N) is 1. The maximum absolute atomic E-state index is 11.1. The summed E-state index contributed by atoms with van der Waals surface area (Å²) in [5, 5.41) is 0. The van der Waals surface area contributed by atoms with Gasteiger partial charge in [0.1, 0.15) is 15.6 Å². The molecule has 0 atom stereocenters. The highest BCUT2D eigenvalue weighted by atomic mass is 32.2. The topological polar surface area (TPSA) is 72.6 Å². The van der Waals surface area contributed by atoms with Crippen molar-refractivity contribution in [1.29, 1.82) is 0 Å². The summed E-state index contributed by atoms with van der Waals surface area (Å²) in [6.45, 7) is 0.422. The zero-order valence-electron chi connectivity index (χ0n) is 10.3. The molecule has 0 spiro atoms. The third kappa shape index (κ3) is 4.52. The van der Waals surface area contributed by atoms with Crippen molar-refractivity contribution in [2.45, 2.75) is 0 Å². The highest BCUT2D eigenvalue weighted by molar-refractivity contribution is 7.90. The van der Waals surface area contributed by atoms with Gasteiger partial charge in [-0.3, -0.25) is 0 Å². The number of sulfone groups is 1. The predicted octanol–water partition coefficient (Wildman–Crippen LogP) is 0.758. The van der Waals surface area contributed by atoms with Gasteiger partial charge in [-0.05, 0) is 6.07 Å². The van der Waals surface area contributed by atoms with Crippen LogP contribution in [0.3, 0.4) is 0 Å². The molecular formula is C11H18N2O3S. The Kier molecular flexibility index (Phi) is 4.22. The average molecular weight is 258 g/mol. The van der Waals surface area contributed by atoms with E-state index in [2.05, 4.69) is 0 Å². The van der Waals surface area contributed by atoms with Gasteiger partial charge in [-0.1, -0.05) is 0 Å². The highest BCUT2D eigenvalue weighted by Crippen LogP contribution is 2.24. The minimum atomic E-state index is -2.96. The first kappa shape index (κ1) is 13.6. The number of anilines is 2. The van der Waals surface area contributed by atoms with E-state index in [4.69, 9.17) is 10.5 Å². The third-order valence-corrected chi connectivity index (χ3v) is 3.31. The molecule has 0 bridgehead atoms. The van der Waals surface area contributed by atoms with E-state index in [0.29, 0.717) is 18.0 Å². The smallest absolute Gasteiger partial charge is 0.149 e. The summed E-state index contributed by atoms with van der Waals surface area (Å²) in [5.74, 6) is 0.770. The molecule has 0 saturated carbocycles. The molecule has 0 aliphatic rings. The van der Waals surface area contributed by atoms with Crippen molar-refractivity contribution in [2.24, 2.45) is 0 Å². The van der Waals surface area contributed by atoms with E-state index in [9.17, 15) is 8.42 Å². The fourth-order valence-electron chi connectivity index (χ4n) is 1.38. The van der Waals surface area contributed by atoms with Crippen LogP contribution < -0.4 is 15.4 Å². The molecule has 0 amide bonds. The molecule has 96 valence electrons. The monoisotopic (exact) mass is 258 g/mol. The van der Waals surface area contributed by atoms with E-state index in [-0.39, 0.29) is 5.75 Å². The summed E-state index contributed by atoms with van der Waals surface area (Å²) in [7, 11) is 0.426. The standard InChI is InChI=1S/C11H18N2O3S/c1-13(4-5-17(3,14)15)10-6-9(12)7-11(8-10)16-2/h6-8H,4-5,12H2,1-3H3. The predicted molar refractivity (Wildman–Crippen MR) is 70.4 cm³/mol. The minimum Gasteiger partial charge on any atom is -0.497 e. The van der Waals surface area contributed by atoms with Crippen molar-refractivity contribution in [3.63, 3.8) is 0 Å². The van der Waals surface area contributed by atoms with Gasteiger partial charge < -0.3 is 15.4 Å². The Labute approximate surface area is 102 Å². The van der Waals surface area contributed by atoms with E-state index in [1.807, 2.05) is 18.0 Å². The second kappa shape index (κ2) is 5.27. The van der Waals surface area contributed by atoms with Crippen LogP contribution in [0.15, 0.2) is 18.2 Å². The van der Waals surface area contributed by atoms with Crippen LogP contribution in [0, 0.1) is 0 Å². The van der Waals surface area contributed by atoms with Crippen LogP contribution >= 0.6 is 0 Å². The van der Waals surface area contributed by atoms with E-state index in [0.717, 1.165) is 5.69 Å². The second-order valence-electron chi connectivity index (χ2n) is 4.02. The highest BCUT2D eigenvalue weighted by Gasteiger charge is 2.08. The fourth-order valence-corrected chi connectivity index (χ4v) is 1.98. The SMILES string of the molecule is COc1cc(N)cc(N(C)CCS(C)(=O)=O)c1. The normalized spacial score (nSPS) is 11.2. The van der Waals surface area contributed by atoms with Gasteiger partial charge in [-0.15, -0.1) is 0 Å². The number of methoxy groups -OCH3 is 1. The van der Waals surface area contributed by atoms with Crippen LogP contribution in [0.2, 0.25) is 0 Å². The summed E-state index contributed by atoms with van der Waals surface area (Å²) in [4.78, 5) is 1.83. The van der Waals surface area contributed by atoms with Crippen molar-refractivity contribution in [1.82, 2.24) is 0 Å². The Balaban J connectivity index is 2.81. The van der Waals surface area contributed by atoms with Crippen molar-refractivity contribution in [3.8, 4) is 5.75 Å². The Morgan fingerprint density at radius 1 is 1.35 bits per heavy atom. The van der Waals surface area contributed by atoms with Crippen molar-refractivity contribution >= 4 is 21.2 Å². The first-order chi connectivity index (χ1) is 7.81. The van der Waals surface area contributed by atoms with Gasteiger partial charge in [-0.2, -0.15) is 0 Å². The van der Waals surface area contributed by atoms with Crippen molar-refractivity contribution in [3.05, 3.63) is 18.2 Å². The number of nitrogen functional groups attached to an aromatic ring is 1. The lowest BCUT2D eigenvalue weighted by atomic mass is 10.2. The molecule has 0 saturated heterocycles. The molecule has 1 rings (SSSR count). The minimum absolute atomic E-state index is 0.112. The first-order valence-corrected chi connectivity index (χ1v) is 7.21. The van der Waals surface area contributed by atoms with Crippen LogP contribution in [0.4, 0.5) is 11.4 Å². The summed E-state index contributed by atoms with van der Waals surface area (Å²) in [5.41, 5.74) is 7.16. The lowest BCUT2D eigenvalue weighted by Gasteiger charge is -2.19. The fraction of sp³-hybridized carbons (Fsp3) is 0.455. The Morgan fingerprint density at radius 3 is 2.53 bits per heavy atom. The van der Waals surface area contributed by atoms with E-state index in [1.165, 1.54) is 6.26 Å². The van der Waals surface area contributed by atoms with E-state index >= 15 is 0 Å². The lowest BCUT2D eigenvalue weighted by molar-refractivity contribution is 0.415. The summed E-state index contributed by atoms with van der Waals surface area (Å²) < 4.78 is 27.3. The zero-order valence-corrected chi connectivity index (χ0v) is 11.1. The molecule has 0 heterocycles. The zero-order chi connectivity index (χ0) is 13.1. The first-order valence-electron chi connectivity index (χ1n) is 5.15. The number of benzene rings is 1. The molecule has 0 radical (unpaired) electrons. The van der Waals surface area contributed by atoms with E-state index in [1.54, 1.807) is 19.2 Å². The molecule has 0 unspecified atom stereocenters. The molecular weight excluding hydrogens is 240 g/mol. The Bertz CT molecular complexity index is 485. The number of hydrogen-bond donors (Lipinski definition) is 1. The maximum atomic E-state index is 11.1. The van der Waals surface area contributed by atoms with Gasteiger partial charge in [0.2, 0.25) is 0 Å². The second-order valence-corrected chi connectivity index (χ2v) is 6.28. The average Bonchev–Trinajstić information content (AvgIpc) is 2.23. The Hall–Kier alpha value is -1.43. The molecule has 1 aromatic rings. The van der Waals surface area contributed by atoms with Crippen LogP contribution in [-0.4, -0.2) is 41.1 Å². The maximum Gasteiger partial charge on any atom is 0.149 e. The third-order valence-electron chi connectivity index (χ3n) is 2.39. The Morgan fingerprint density at radius 2 is 2.00 bits per heavy atom. The molecule has 0 aliphatic carbocycles. The van der Waals surface area contributed by atoms with Crippen LogP contribution in [-0.2, 0) is 9.84 Å². The molecule has 0 aromatic heterocycles. The van der Waals surface area contributed by atoms with Gasteiger partial charge in [-0.25, -0.2) is 8.42 Å². The number of rotatable bonds is 5. The van der Waals surface area contributed by atoms with Gasteiger partial charge >= 0.3 is 0 Å². The molecule has 2 N–H and O–H groups in total. The molecule has 5 nitrogen and oxygen atoms in total. The largest absolute Gasteiger partial charge is 0.497 e. The summed E-state index contributed by atoms with van der Waals surface area (Å²) in [6, 6.07) is 5.32. The number of hydrogen-bond acceptors (Lipinski definition) is 5.